The smallest absolute Gasteiger partial charge is 0.274 e. The first-order valence-electron chi connectivity index (χ1n) is 7.29. The minimum atomic E-state index is -1.08. The van der Waals surface area contributed by atoms with Gasteiger partial charge in [0.2, 0.25) is 6.17 Å². The molecular weight excluding hydrogens is 340 g/mol. The van der Waals surface area contributed by atoms with Crippen LogP contribution in [0.15, 0.2) is 58.5 Å². The molecule has 0 bridgehead atoms. The highest BCUT2D eigenvalue weighted by Gasteiger charge is 2.30. The Morgan fingerprint density at radius 3 is 2.64 bits per heavy atom. The molecule has 0 saturated carbocycles. The number of thiocarbonyl (C=S) groups is 1. The lowest BCUT2D eigenvalue weighted by atomic mass is 9.99. The first-order chi connectivity index (χ1) is 12.0. The monoisotopic (exact) mass is 352 g/mol. The summed E-state index contributed by atoms with van der Waals surface area (Å²) in [6.45, 7) is 0. The number of rotatable bonds is 3. The van der Waals surface area contributed by atoms with Gasteiger partial charge in [-0.1, -0.05) is 30.3 Å². The Balaban J connectivity index is 2.31. The Labute approximate surface area is 148 Å². The number of likely N-dealkylation sites (N-methyl/N-ethyl adjacent to an activating group) is 1. The van der Waals surface area contributed by atoms with Crippen LogP contribution in [0.1, 0.15) is 11.1 Å². The number of nitro benzene ring substituents is 1. The first-order valence-corrected chi connectivity index (χ1v) is 7.70. The van der Waals surface area contributed by atoms with Gasteiger partial charge in [0.05, 0.1) is 21.5 Å². The van der Waals surface area contributed by atoms with Crippen LogP contribution in [0.2, 0.25) is 0 Å². The number of isothiocyanates is 1. The van der Waals surface area contributed by atoms with Gasteiger partial charge in [-0.2, -0.15) is 4.99 Å². The summed E-state index contributed by atoms with van der Waals surface area (Å²) in [6, 6.07) is 13.4. The molecule has 0 spiro atoms. The molecule has 0 fully saturated rings. The van der Waals surface area contributed by atoms with Crippen molar-refractivity contribution in [2.24, 2.45) is 9.98 Å². The second-order valence-electron chi connectivity index (χ2n) is 5.29. The summed E-state index contributed by atoms with van der Waals surface area (Å²) >= 11 is 4.62. The van der Waals surface area contributed by atoms with Crippen molar-refractivity contribution in [2.45, 2.75) is 6.17 Å². The molecule has 0 aliphatic carbocycles. The summed E-state index contributed by atoms with van der Waals surface area (Å²) in [7, 11) is 1.57. The van der Waals surface area contributed by atoms with Gasteiger partial charge in [-0.25, -0.2) is 4.99 Å². The number of nitro groups is 1. The standard InChI is InChI=1S/C17H12N4O3S/c1-20-14-8-7-12(21(23)24)9-13(14)15(11-5-3-2-4-6-11)19-16(17(20)22)18-10-25/h2-9,16H,1H3. The van der Waals surface area contributed by atoms with E-state index in [0.717, 1.165) is 5.56 Å². The lowest BCUT2D eigenvalue weighted by Crippen LogP contribution is -2.33. The number of benzene rings is 2. The highest BCUT2D eigenvalue weighted by atomic mass is 32.1. The van der Waals surface area contributed by atoms with E-state index in [9.17, 15) is 14.9 Å². The van der Waals surface area contributed by atoms with Crippen LogP contribution in [0, 0.1) is 10.1 Å². The molecule has 1 heterocycles. The molecule has 2 aromatic rings. The molecule has 7 nitrogen and oxygen atoms in total. The van der Waals surface area contributed by atoms with Gasteiger partial charge in [-0.05, 0) is 18.3 Å². The van der Waals surface area contributed by atoms with Gasteiger partial charge in [-0.3, -0.25) is 14.9 Å². The number of carbonyl (C=O) groups excluding carboxylic acids is 1. The largest absolute Gasteiger partial charge is 0.311 e. The zero-order valence-electron chi connectivity index (χ0n) is 13.1. The highest BCUT2D eigenvalue weighted by molar-refractivity contribution is 7.78. The van der Waals surface area contributed by atoms with Crippen molar-refractivity contribution in [3.63, 3.8) is 0 Å². The lowest BCUT2D eigenvalue weighted by Gasteiger charge is -2.18. The number of benzodiazepines with no additional fused rings is 1. The predicted octanol–water partition coefficient (Wildman–Crippen LogP) is 2.84. The van der Waals surface area contributed by atoms with Crippen LogP contribution in [0.25, 0.3) is 0 Å². The number of amides is 1. The summed E-state index contributed by atoms with van der Waals surface area (Å²) in [4.78, 5) is 32.9. The highest BCUT2D eigenvalue weighted by Crippen LogP contribution is 2.31. The predicted molar refractivity (Wildman–Crippen MR) is 97.4 cm³/mol. The molecule has 1 amide bonds. The quantitative estimate of drug-likeness (QED) is 0.368. The van der Waals surface area contributed by atoms with Crippen molar-refractivity contribution in [3.8, 4) is 0 Å². The third kappa shape index (κ3) is 3.08. The summed E-state index contributed by atoms with van der Waals surface area (Å²) in [5.74, 6) is -0.390. The molecule has 0 aromatic heterocycles. The Morgan fingerprint density at radius 1 is 1.28 bits per heavy atom. The van der Waals surface area contributed by atoms with Crippen molar-refractivity contribution < 1.29 is 9.72 Å². The van der Waals surface area contributed by atoms with E-state index in [1.165, 1.54) is 23.1 Å². The van der Waals surface area contributed by atoms with Crippen LogP contribution in [0.3, 0.4) is 0 Å². The fourth-order valence-electron chi connectivity index (χ4n) is 2.62. The van der Waals surface area contributed by atoms with Crippen LogP contribution in [-0.2, 0) is 4.79 Å². The second-order valence-corrected chi connectivity index (χ2v) is 5.48. The first kappa shape index (κ1) is 16.6. The van der Waals surface area contributed by atoms with E-state index < -0.39 is 17.0 Å². The molecule has 124 valence electrons. The number of aliphatic imine (C=N–C) groups is 2. The molecular formula is C17H12N4O3S. The average molecular weight is 352 g/mol. The molecule has 0 N–H and O–H groups in total. The van der Waals surface area contributed by atoms with E-state index in [1.807, 2.05) is 30.3 Å². The summed E-state index contributed by atoms with van der Waals surface area (Å²) in [5, 5.41) is 13.4. The second kappa shape index (κ2) is 6.72. The maximum absolute atomic E-state index is 12.6. The van der Waals surface area contributed by atoms with E-state index in [4.69, 9.17) is 0 Å². The van der Waals surface area contributed by atoms with Gasteiger partial charge in [0.15, 0.2) is 0 Å². The Morgan fingerprint density at radius 2 is 2.00 bits per heavy atom. The topological polar surface area (TPSA) is 88.2 Å². The van der Waals surface area contributed by atoms with Crippen molar-refractivity contribution in [2.75, 3.05) is 11.9 Å². The van der Waals surface area contributed by atoms with E-state index >= 15 is 0 Å². The minimum absolute atomic E-state index is 0.0833. The number of hydrogen-bond donors (Lipinski definition) is 0. The number of fused-ring (bicyclic) bond motifs is 1. The van der Waals surface area contributed by atoms with E-state index in [1.54, 1.807) is 7.05 Å². The Bertz CT molecular complexity index is 936. The molecule has 25 heavy (non-hydrogen) atoms. The lowest BCUT2D eigenvalue weighted by molar-refractivity contribution is -0.384. The zero-order valence-corrected chi connectivity index (χ0v) is 13.9. The third-order valence-corrected chi connectivity index (χ3v) is 3.94. The van der Waals surface area contributed by atoms with Gasteiger partial charge in [0.25, 0.3) is 11.6 Å². The van der Waals surface area contributed by atoms with Crippen LogP contribution < -0.4 is 4.90 Å². The summed E-state index contributed by atoms with van der Waals surface area (Å²) in [5.41, 5.74) is 2.08. The maximum atomic E-state index is 12.6. The van der Waals surface area contributed by atoms with Gasteiger partial charge >= 0.3 is 0 Å². The normalized spacial score (nSPS) is 16.4. The van der Waals surface area contributed by atoms with Crippen molar-refractivity contribution in [3.05, 3.63) is 69.8 Å². The third-order valence-electron chi connectivity index (χ3n) is 3.83. The molecule has 0 radical (unpaired) electrons. The molecule has 1 aliphatic rings. The summed E-state index contributed by atoms with van der Waals surface area (Å²) < 4.78 is 0. The average Bonchev–Trinajstić information content (AvgIpc) is 2.73. The Hall–Kier alpha value is -3.22. The fourth-order valence-corrected chi connectivity index (χ4v) is 2.72. The molecule has 2 aromatic carbocycles. The maximum Gasteiger partial charge on any atom is 0.274 e. The molecule has 1 atom stereocenters. The number of anilines is 1. The zero-order chi connectivity index (χ0) is 18.0. The van der Waals surface area contributed by atoms with Gasteiger partial charge in [0, 0.05) is 30.3 Å². The van der Waals surface area contributed by atoms with Gasteiger partial charge in [-0.15, -0.1) is 0 Å². The summed E-state index contributed by atoms with van der Waals surface area (Å²) in [6.07, 6.45) is -1.08. The van der Waals surface area contributed by atoms with E-state index in [2.05, 4.69) is 27.4 Å². The molecule has 3 rings (SSSR count). The molecule has 1 unspecified atom stereocenters. The number of carbonyl (C=O) groups is 1. The molecule has 0 saturated heterocycles. The van der Waals surface area contributed by atoms with Gasteiger partial charge < -0.3 is 4.90 Å². The SMILES string of the molecule is CN1C(=O)C(N=C=S)N=C(c2ccccc2)c2cc([N+](=O)[O-])ccc21. The molecule has 8 heteroatoms. The minimum Gasteiger partial charge on any atom is -0.311 e. The van der Waals surface area contributed by atoms with Crippen LogP contribution >= 0.6 is 12.2 Å². The van der Waals surface area contributed by atoms with Gasteiger partial charge in [0.1, 0.15) is 0 Å². The van der Waals surface area contributed by atoms with E-state index in [-0.39, 0.29) is 5.69 Å². The Kier molecular flexibility index (Phi) is 4.47. The van der Waals surface area contributed by atoms with Crippen molar-refractivity contribution >= 4 is 40.4 Å². The van der Waals surface area contributed by atoms with Crippen LogP contribution in [-0.4, -0.2) is 34.9 Å². The van der Waals surface area contributed by atoms with Crippen LogP contribution in [0.5, 0.6) is 0 Å². The number of non-ortho nitro benzene ring substituents is 1. The van der Waals surface area contributed by atoms with Crippen molar-refractivity contribution in [1.82, 2.24) is 0 Å². The number of hydrogen-bond acceptors (Lipinski definition) is 6. The van der Waals surface area contributed by atoms with Crippen molar-refractivity contribution in [1.29, 1.82) is 0 Å². The fraction of sp³-hybridized carbons (Fsp3) is 0.118. The van der Waals surface area contributed by atoms with E-state index in [0.29, 0.717) is 17.0 Å². The number of nitrogens with zero attached hydrogens (tertiary/aromatic N) is 4. The molecule has 1 aliphatic heterocycles. The van der Waals surface area contributed by atoms with Crippen LogP contribution in [0.4, 0.5) is 11.4 Å².